The molecule has 4 heteroatoms. The van der Waals surface area contributed by atoms with E-state index in [0.717, 1.165) is 16.5 Å². The summed E-state index contributed by atoms with van der Waals surface area (Å²) in [6.45, 7) is 3.59. The number of hydrogen-bond acceptors (Lipinski definition) is 3. The molecule has 1 aromatic carbocycles. The number of methoxy groups -OCH3 is 1. The molecule has 0 aliphatic carbocycles. The molecule has 2 aromatic rings. The van der Waals surface area contributed by atoms with Crippen molar-refractivity contribution in [3.63, 3.8) is 0 Å². The first-order chi connectivity index (χ1) is 8.48. The summed E-state index contributed by atoms with van der Waals surface area (Å²) in [5, 5.41) is 1.04. The number of fused-ring (bicyclic) bond motifs is 1. The molecule has 0 fully saturated rings. The van der Waals surface area contributed by atoms with Crippen LogP contribution in [0, 0.1) is 5.41 Å². The Labute approximate surface area is 106 Å². The summed E-state index contributed by atoms with van der Waals surface area (Å²) in [6.07, 6.45) is 1.86. The van der Waals surface area contributed by atoms with E-state index in [1.54, 1.807) is 13.8 Å². The van der Waals surface area contributed by atoms with Crippen molar-refractivity contribution < 1.29 is 9.53 Å². The number of aromatic amines is 1. The lowest BCUT2D eigenvalue weighted by Crippen LogP contribution is -2.37. The lowest BCUT2D eigenvalue weighted by atomic mass is 9.81. The number of H-pyrrole nitrogens is 1. The lowest BCUT2D eigenvalue weighted by Gasteiger charge is -2.28. The maximum atomic E-state index is 11.8. The molecular formula is C14H18N2O2. The molecule has 0 bridgehead atoms. The largest absolute Gasteiger partial charge is 0.469 e. The van der Waals surface area contributed by atoms with E-state index in [2.05, 4.69) is 4.98 Å². The zero-order valence-electron chi connectivity index (χ0n) is 10.9. The van der Waals surface area contributed by atoms with Crippen molar-refractivity contribution in [3.05, 3.63) is 36.0 Å². The quantitative estimate of drug-likeness (QED) is 0.817. The molecule has 1 atom stereocenters. The van der Waals surface area contributed by atoms with Crippen LogP contribution < -0.4 is 5.73 Å². The van der Waals surface area contributed by atoms with Crippen molar-refractivity contribution in [2.75, 3.05) is 7.11 Å². The molecule has 0 spiro atoms. The number of benzene rings is 1. The average molecular weight is 246 g/mol. The number of ether oxygens (including phenoxy) is 1. The smallest absolute Gasteiger partial charge is 0.313 e. The molecule has 1 aromatic heterocycles. The molecule has 0 radical (unpaired) electrons. The monoisotopic (exact) mass is 246 g/mol. The minimum Gasteiger partial charge on any atom is -0.469 e. The minimum absolute atomic E-state index is 0.305. The Morgan fingerprint density at radius 2 is 2.06 bits per heavy atom. The van der Waals surface area contributed by atoms with E-state index in [0.29, 0.717) is 0 Å². The highest BCUT2D eigenvalue weighted by Gasteiger charge is 2.37. The molecule has 0 aliphatic heterocycles. The van der Waals surface area contributed by atoms with Crippen LogP contribution in [0.4, 0.5) is 0 Å². The van der Waals surface area contributed by atoms with Gasteiger partial charge in [0.15, 0.2) is 0 Å². The molecule has 3 N–H and O–H groups in total. The van der Waals surface area contributed by atoms with Crippen molar-refractivity contribution in [2.45, 2.75) is 19.9 Å². The molecule has 0 aliphatic rings. The number of nitrogens with one attached hydrogen (secondary N) is 1. The van der Waals surface area contributed by atoms with Crippen LogP contribution in [0.1, 0.15) is 25.5 Å². The van der Waals surface area contributed by atoms with E-state index in [9.17, 15) is 4.79 Å². The predicted octanol–water partition coefficient (Wildman–Crippen LogP) is 2.37. The highest BCUT2D eigenvalue weighted by atomic mass is 16.5. The van der Waals surface area contributed by atoms with Crippen LogP contribution in [0.2, 0.25) is 0 Å². The second-order valence-corrected chi connectivity index (χ2v) is 4.98. The summed E-state index contributed by atoms with van der Waals surface area (Å²) in [5.74, 6) is -0.305. The van der Waals surface area contributed by atoms with Gasteiger partial charge in [0.05, 0.1) is 12.5 Å². The topological polar surface area (TPSA) is 68.1 Å². The van der Waals surface area contributed by atoms with Gasteiger partial charge >= 0.3 is 5.97 Å². The molecule has 18 heavy (non-hydrogen) atoms. The van der Waals surface area contributed by atoms with Gasteiger partial charge in [0.2, 0.25) is 0 Å². The van der Waals surface area contributed by atoms with Crippen LogP contribution in [0.5, 0.6) is 0 Å². The van der Waals surface area contributed by atoms with E-state index in [-0.39, 0.29) is 5.97 Å². The van der Waals surface area contributed by atoms with Gasteiger partial charge in [-0.15, -0.1) is 0 Å². The summed E-state index contributed by atoms with van der Waals surface area (Å²) in [6, 6.07) is 7.48. The Hall–Kier alpha value is -1.81. The molecule has 0 amide bonds. The Bertz CT molecular complexity index is 572. The summed E-state index contributed by atoms with van der Waals surface area (Å²) in [5.41, 5.74) is 7.42. The third kappa shape index (κ3) is 1.88. The summed E-state index contributed by atoms with van der Waals surface area (Å²) in [4.78, 5) is 15.0. The highest BCUT2D eigenvalue weighted by Crippen LogP contribution is 2.35. The van der Waals surface area contributed by atoms with Crippen molar-refractivity contribution in [1.29, 1.82) is 0 Å². The average Bonchev–Trinajstić information content (AvgIpc) is 2.80. The van der Waals surface area contributed by atoms with E-state index in [1.807, 2.05) is 30.5 Å². The fourth-order valence-corrected chi connectivity index (χ4v) is 2.13. The molecule has 1 heterocycles. The van der Waals surface area contributed by atoms with Crippen LogP contribution in [-0.2, 0) is 9.53 Å². The number of rotatable bonds is 3. The summed E-state index contributed by atoms with van der Waals surface area (Å²) in [7, 11) is 1.38. The fourth-order valence-electron chi connectivity index (χ4n) is 2.13. The summed E-state index contributed by atoms with van der Waals surface area (Å²) < 4.78 is 4.82. The number of aromatic nitrogens is 1. The molecule has 2 rings (SSSR count). The summed E-state index contributed by atoms with van der Waals surface area (Å²) >= 11 is 0. The fraction of sp³-hybridized carbons (Fsp3) is 0.357. The van der Waals surface area contributed by atoms with E-state index in [4.69, 9.17) is 10.5 Å². The van der Waals surface area contributed by atoms with Crippen LogP contribution in [0.15, 0.2) is 30.5 Å². The van der Waals surface area contributed by atoms with Crippen molar-refractivity contribution in [2.24, 2.45) is 11.1 Å². The number of hydrogen-bond donors (Lipinski definition) is 2. The van der Waals surface area contributed by atoms with Crippen LogP contribution in [0.3, 0.4) is 0 Å². The van der Waals surface area contributed by atoms with Gasteiger partial charge in [0.1, 0.15) is 0 Å². The molecule has 96 valence electrons. The first-order valence-electron chi connectivity index (χ1n) is 5.88. The third-order valence-corrected chi connectivity index (χ3v) is 3.45. The van der Waals surface area contributed by atoms with E-state index in [1.165, 1.54) is 7.11 Å². The zero-order chi connectivity index (χ0) is 13.3. The van der Waals surface area contributed by atoms with Gasteiger partial charge in [-0.1, -0.05) is 18.2 Å². The third-order valence-electron chi connectivity index (χ3n) is 3.45. The van der Waals surface area contributed by atoms with Gasteiger partial charge in [-0.2, -0.15) is 0 Å². The number of carbonyl (C=O) groups excluding carboxylic acids is 1. The standard InChI is InChI=1S/C14H18N2O2/c1-14(2,13(17)18-3)12(15)10-8-16-11-7-5-4-6-9(10)11/h4-8,12,16H,15H2,1-3H3/t12-/m0/s1. The first-order valence-corrected chi connectivity index (χ1v) is 5.88. The zero-order valence-corrected chi connectivity index (χ0v) is 10.9. The minimum atomic E-state index is -0.764. The van der Waals surface area contributed by atoms with Gasteiger partial charge in [0.25, 0.3) is 0 Å². The van der Waals surface area contributed by atoms with Crippen molar-refractivity contribution >= 4 is 16.9 Å². The number of para-hydroxylation sites is 1. The normalized spacial score (nSPS) is 13.6. The van der Waals surface area contributed by atoms with Crippen molar-refractivity contribution in [3.8, 4) is 0 Å². The number of nitrogens with two attached hydrogens (primary N) is 1. The Morgan fingerprint density at radius 3 is 2.72 bits per heavy atom. The van der Waals surface area contributed by atoms with Crippen molar-refractivity contribution in [1.82, 2.24) is 4.98 Å². The Balaban J connectivity index is 2.45. The molecule has 0 saturated carbocycles. The molecule has 0 unspecified atom stereocenters. The van der Waals surface area contributed by atoms with Gasteiger partial charge in [-0.05, 0) is 25.5 Å². The van der Waals surface area contributed by atoms with Crippen LogP contribution in [-0.4, -0.2) is 18.1 Å². The van der Waals surface area contributed by atoms with Crippen LogP contribution in [0.25, 0.3) is 10.9 Å². The lowest BCUT2D eigenvalue weighted by molar-refractivity contribution is -0.152. The second kappa shape index (κ2) is 4.46. The van der Waals surface area contributed by atoms with Gasteiger partial charge in [0, 0.05) is 23.1 Å². The Kier molecular flexibility index (Phi) is 3.13. The highest BCUT2D eigenvalue weighted by molar-refractivity contribution is 5.85. The van der Waals surface area contributed by atoms with Gasteiger partial charge in [-0.25, -0.2) is 0 Å². The number of esters is 1. The Morgan fingerprint density at radius 1 is 1.39 bits per heavy atom. The van der Waals surface area contributed by atoms with Gasteiger partial charge in [-0.3, -0.25) is 4.79 Å². The predicted molar refractivity (Wildman–Crippen MR) is 71.0 cm³/mol. The van der Waals surface area contributed by atoms with Gasteiger partial charge < -0.3 is 15.5 Å². The maximum absolute atomic E-state index is 11.8. The maximum Gasteiger partial charge on any atom is 0.313 e. The second-order valence-electron chi connectivity index (χ2n) is 4.98. The molecular weight excluding hydrogens is 228 g/mol. The van der Waals surface area contributed by atoms with E-state index >= 15 is 0 Å². The molecule has 0 saturated heterocycles. The van der Waals surface area contributed by atoms with E-state index < -0.39 is 11.5 Å². The molecule has 4 nitrogen and oxygen atoms in total. The first kappa shape index (κ1) is 12.6. The van der Waals surface area contributed by atoms with Crippen LogP contribution >= 0.6 is 0 Å². The number of carbonyl (C=O) groups is 1. The SMILES string of the molecule is COC(=O)C(C)(C)[C@@H](N)c1c[nH]c2ccccc12.